The lowest BCUT2D eigenvalue weighted by Crippen LogP contribution is -2.48. The van der Waals surface area contributed by atoms with Crippen molar-refractivity contribution >= 4 is 33.0 Å². The number of halogens is 1. The minimum atomic E-state index is -3.53. The average molecular weight is 283 g/mol. The number of sulfonamides is 1. The van der Waals surface area contributed by atoms with Crippen LogP contribution in [0.1, 0.15) is 19.4 Å². The highest BCUT2D eigenvalue weighted by atomic mass is 35.5. The Balaban J connectivity index is 3.04. The van der Waals surface area contributed by atoms with Gasteiger partial charge in [-0.05, 0) is 32.4 Å². The average Bonchev–Trinajstić information content (AvgIpc) is 2.46. The molecule has 1 aromatic heterocycles. The van der Waals surface area contributed by atoms with Gasteiger partial charge in [-0.1, -0.05) is 11.6 Å². The topological polar surface area (TPSA) is 72.2 Å². The molecule has 0 spiro atoms. The van der Waals surface area contributed by atoms with E-state index in [1.54, 1.807) is 26.8 Å². The summed E-state index contributed by atoms with van der Waals surface area (Å²) in [6.07, 6.45) is 0. The van der Waals surface area contributed by atoms with Crippen LogP contribution in [0.15, 0.2) is 10.3 Å². The summed E-state index contributed by atoms with van der Waals surface area (Å²) in [5.41, 5.74) is 5.58. The second kappa shape index (κ2) is 4.62. The van der Waals surface area contributed by atoms with Gasteiger partial charge in [0.15, 0.2) is 0 Å². The van der Waals surface area contributed by atoms with Gasteiger partial charge in [0, 0.05) is 12.1 Å². The Morgan fingerprint density at radius 1 is 1.56 bits per heavy atom. The number of aryl methyl sites for hydroxylation is 1. The summed E-state index contributed by atoms with van der Waals surface area (Å²) < 4.78 is 27.2. The molecule has 1 rings (SSSR count). The fourth-order valence-electron chi connectivity index (χ4n) is 1.02. The van der Waals surface area contributed by atoms with Crippen LogP contribution in [-0.4, -0.2) is 20.5 Å². The molecule has 0 unspecified atom stereocenters. The Bertz CT molecular complexity index is 460. The summed E-state index contributed by atoms with van der Waals surface area (Å²) in [5, 5.41) is 0. The lowest BCUT2D eigenvalue weighted by Gasteiger charge is -2.23. The normalized spacial score (nSPS) is 13.1. The molecule has 0 radical (unpaired) electrons. The maximum Gasteiger partial charge on any atom is 0.250 e. The third-order valence-corrected chi connectivity index (χ3v) is 5.75. The van der Waals surface area contributed by atoms with Gasteiger partial charge in [0.25, 0.3) is 10.0 Å². The van der Waals surface area contributed by atoms with Crippen LogP contribution < -0.4 is 10.5 Å². The van der Waals surface area contributed by atoms with Crippen molar-refractivity contribution in [1.82, 2.24) is 4.72 Å². The number of hydrogen-bond acceptors (Lipinski definition) is 4. The zero-order valence-electron chi connectivity index (χ0n) is 9.37. The first-order valence-corrected chi connectivity index (χ1v) is 7.36. The number of hydrogen-bond donors (Lipinski definition) is 2. The van der Waals surface area contributed by atoms with E-state index in [0.717, 1.165) is 16.9 Å². The fourth-order valence-corrected chi connectivity index (χ4v) is 4.15. The van der Waals surface area contributed by atoms with Gasteiger partial charge in [0.1, 0.15) is 4.21 Å². The van der Waals surface area contributed by atoms with Crippen LogP contribution in [-0.2, 0) is 10.0 Å². The molecule has 92 valence electrons. The molecule has 0 aliphatic rings. The standard InChI is InChI=1S/C9H15ClN2O2S2/c1-6-4-7(15-8(6)10)16(13,14)12-9(2,3)5-11/h4,12H,5,11H2,1-3H3. The molecule has 0 saturated heterocycles. The van der Waals surface area contributed by atoms with E-state index < -0.39 is 15.6 Å². The molecule has 3 N–H and O–H groups in total. The van der Waals surface area contributed by atoms with E-state index in [1.807, 2.05) is 0 Å². The molecule has 1 aromatic rings. The molecule has 1 heterocycles. The van der Waals surface area contributed by atoms with Gasteiger partial charge in [-0.2, -0.15) is 0 Å². The maximum absolute atomic E-state index is 12.0. The van der Waals surface area contributed by atoms with Crippen LogP contribution in [0.3, 0.4) is 0 Å². The molecular formula is C9H15ClN2O2S2. The predicted molar refractivity (Wildman–Crippen MR) is 67.5 cm³/mol. The quantitative estimate of drug-likeness (QED) is 0.883. The van der Waals surface area contributed by atoms with E-state index in [9.17, 15) is 8.42 Å². The lowest BCUT2D eigenvalue weighted by molar-refractivity contribution is 0.463. The van der Waals surface area contributed by atoms with Crippen molar-refractivity contribution in [1.29, 1.82) is 0 Å². The first-order valence-electron chi connectivity index (χ1n) is 4.68. The Morgan fingerprint density at radius 3 is 2.50 bits per heavy atom. The summed E-state index contributed by atoms with van der Waals surface area (Å²) in [6, 6.07) is 1.56. The Morgan fingerprint density at radius 2 is 2.12 bits per heavy atom. The number of nitrogens with two attached hydrogens (primary N) is 1. The van der Waals surface area contributed by atoms with Crippen molar-refractivity contribution in [2.45, 2.75) is 30.5 Å². The molecule has 0 aromatic carbocycles. The summed E-state index contributed by atoms with van der Waals surface area (Å²) in [6.45, 7) is 5.45. The molecule has 0 fully saturated rings. The molecule has 0 saturated carbocycles. The smallest absolute Gasteiger partial charge is 0.250 e. The molecule has 0 aliphatic carbocycles. The maximum atomic E-state index is 12.0. The predicted octanol–water partition coefficient (Wildman–Crippen LogP) is 1.73. The Labute approximate surface area is 105 Å². The molecule has 4 nitrogen and oxygen atoms in total. The zero-order chi connectivity index (χ0) is 12.6. The van der Waals surface area contributed by atoms with Crippen molar-refractivity contribution in [2.75, 3.05) is 6.54 Å². The van der Waals surface area contributed by atoms with Gasteiger partial charge >= 0.3 is 0 Å². The Kier molecular flexibility index (Phi) is 4.02. The van der Waals surface area contributed by atoms with E-state index in [4.69, 9.17) is 17.3 Å². The second-order valence-electron chi connectivity index (χ2n) is 4.22. The van der Waals surface area contributed by atoms with Crippen LogP contribution in [0.4, 0.5) is 0 Å². The number of thiophene rings is 1. The van der Waals surface area contributed by atoms with E-state index in [1.165, 1.54) is 0 Å². The van der Waals surface area contributed by atoms with Gasteiger partial charge in [-0.25, -0.2) is 13.1 Å². The molecule has 0 amide bonds. The highest BCUT2D eigenvalue weighted by Crippen LogP contribution is 2.30. The lowest BCUT2D eigenvalue weighted by atomic mass is 10.1. The molecule has 0 atom stereocenters. The van der Waals surface area contributed by atoms with Crippen LogP contribution >= 0.6 is 22.9 Å². The Hall–Kier alpha value is -0.140. The fraction of sp³-hybridized carbons (Fsp3) is 0.556. The SMILES string of the molecule is Cc1cc(S(=O)(=O)NC(C)(C)CN)sc1Cl. The van der Waals surface area contributed by atoms with E-state index in [2.05, 4.69) is 4.72 Å². The summed E-state index contributed by atoms with van der Waals surface area (Å²) >= 11 is 6.89. The van der Waals surface area contributed by atoms with Crippen molar-refractivity contribution in [2.24, 2.45) is 5.73 Å². The molecule has 0 aliphatic heterocycles. The third-order valence-electron chi connectivity index (χ3n) is 2.02. The van der Waals surface area contributed by atoms with Crippen molar-refractivity contribution in [3.63, 3.8) is 0 Å². The number of rotatable bonds is 4. The first-order chi connectivity index (χ1) is 7.18. The van der Waals surface area contributed by atoms with Crippen molar-refractivity contribution in [3.8, 4) is 0 Å². The van der Waals surface area contributed by atoms with Gasteiger partial charge in [-0.3, -0.25) is 0 Å². The van der Waals surface area contributed by atoms with Crippen LogP contribution in [0.25, 0.3) is 0 Å². The van der Waals surface area contributed by atoms with Gasteiger partial charge < -0.3 is 5.73 Å². The zero-order valence-corrected chi connectivity index (χ0v) is 11.8. The first kappa shape index (κ1) is 13.9. The third kappa shape index (κ3) is 3.18. The second-order valence-corrected chi connectivity index (χ2v) is 7.78. The largest absolute Gasteiger partial charge is 0.329 e. The minimum Gasteiger partial charge on any atom is -0.329 e. The molecule has 16 heavy (non-hydrogen) atoms. The monoisotopic (exact) mass is 282 g/mol. The summed E-state index contributed by atoms with van der Waals surface area (Å²) in [7, 11) is -3.53. The van der Waals surface area contributed by atoms with Gasteiger partial charge in [-0.15, -0.1) is 11.3 Å². The van der Waals surface area contributed by atoms with Crippen LogP contribution in [0.2, 0.25) is 4.34 Å². The van der Waals surface area contributed by atoms with Gasteiger partial charge in [0.2, 0.25) is 0 Å². The summed E-state index contributed by atoms with van der Waals surface area (Å²) in [5.74, 6) is 0. The minimum absolute atomic E-state index is 0.219. The van der Waals surface area contributed by atoms with E-state index in [0.29, 0.717) is 4.34 Å². The highest BCUT2D eigenvalue weighted by molar-refractivity contribution is 7.91. The van der Waals surface area contributed by atoms with E-state index >= 15 is 0 Å². The van der Waals surface area contributed by atoms with Crippen LogP contribution in [0, 0.1) is 6.92 Å². The molecule has 7 heteroatoms. The van der Waals surface area contributed by atoms with E-state index in [-0.39, 0.29) is 10.8 Å². The number of nitrogens with one attached hydrogen (secondary N) is 1. The summed E-state index contributed by atoms with van der Waals surface area (Å²) in [4.78, 5) is 0. The van der Waals surface area contributed by atoms with Crippen molar-refractivity contribution in [3.05, 3.63) is 16.0 Å². The van der Waals surface area contributed by atoms with Crippen LogP contribution in [0.5, 0.6) is 0 Å². The molecular weight excluding hydrogens is 268 g/mol. The molecule has 0 bridgehead atoms. The highest BCUT2D eigenvalue weighted by Gasteiger charge is 2.26. The van der Waals surface area contributed by atoms with Crippen molar-refractivity contribution < 1.29 is 8.42 Å². The van der Waals surface area contributed by atoms with Gasteiger partial charge in [0.05, 0.1) is 4.34 Å².